The van der Waals surface area contributed by atoms with Gasteiger partial charge in [-0.15, -0.1) is 0 Å². The van der Waals surface area contributed by atoms with E-state index in [-0.39, 0.29) is 11.5 Å². The van der Waals surface area contributed by atoms with Gasteiger partial charge in [-0.3, -0.25) is 0 Å². The van der Waals surface area contributed by atoms with E-state index in [0.717, 1.165) is 0 Å². The van der Waals surface area contributed by atoms with Crippen molar-refractivity contribution in [2.24, 2.45) is 0 Å². The molecule has 0 radical (unpaired) electrons. The van der Waals surface area contributed by atoms with Crippen molar-refractivity contribution in [2.75, 3.05) is 0 Å². The Labute approximate surface area is 140 Å². The summed E-state index contributed by atoms with van der Waals surface area (Å²) >= 11 is 6.26. The molecular weight excluding hydrogens is 316 g/mol. The molecule has 4 nitrogen and oxygen atoms in total. The molecular formula is C18H21ClO4. The van der Waals surface area contributed by atoms with Crippen molar-refractivity contribution >= 4 is 28.3 Å². The normalized spacial score (nSPS) is 11.6. The minimum atomic E-state index is -1.35. The smallest absolute Gasteiger partial charge is 0.348 e. The van der Waals surface area contributed by atoms with Crippen molar-refractivity contribution in [3.05, 3.63) is 35.4 Å². The second-order valence-electron chi connectivity index (χ2n) is 5.65. The van der Waals surface area contributed by atoms with Crippen LogP contribution >= 0.6 is 11.6 Å². The van der Waals surface area contributed by atoms with Gasteiger partial charge in [0.1, 0.15) is 0 Å². The van der Waals surface area contributed by atoms with Gasteiger partial charge >= 0.3 is 5.97 Å². The number of hydrogen-bond donors (Lipinski definition) is 2. The first-order valence-electron chi connectivity index (χ1n) is 7.77. The van der Waals surface area contributed by atoms with Crippen molar-refractivity contribution < 1.29 is 19.7 Å². The Bertz CT molecular complexity index is 705. The van der Waals surface area contributed by atoms with E-state index in [2.05, 4.69) is 0 Å². The van der Waals surface area contributed by atoms with Gasteiger partial charge in [-0.05, 0) is 12.8 Å². The lowest BCUT2D eigenvalue weighted by atomic mass is 9.92. The Morgan fingerprint density at radius 2 is 1.74 bits per heavy atom. The number of hydrogen-bond acceptors (Lipinski definition) is 3. The Morgan fingerprint density at radius 1 is 1.17 bits per heavy atom. The van der Waals surface area contributed by atoms with E-state index in [1.165, 1.54) is 6.07 Å². The first-order valence-corrected chi connectivity index (χ1v) is 8.15. The number of phenolic OH excluding ortho intramolecular Hbond substituents is 1. The minimum absolute atomic E-state index is 0.0807. The maximum atomic E-state index is 11.8. The SMILES string of the molecule is CCCC(CCC)(Oc1cc(Cl)c2ccccc2c1O)C(=O)O. The fourth-order valence-electron chi connectivity index (χ4n) is 2.87. The van der Waals surface area contributed by atoms with Crippen LogP contribution in [0.15, 0.2) is 30.3 Å². The van der Waals surface area contributed by atoms with E-state index in [1.54, 1.807) is 18.2 Å². The lowest BCUT2D eigenvalue weighted by Crippen LogP contribution is -2.44. The Morgan fingerprint density at radius 3 is 2.26 bits per heavy atom. The van der Waals surface area contributed by atoms with Crippen LogP contribution < -0.4 is 4.74 Å². The van der Waals surface area contributed by atoms with Gasteiger partial charge in [-0.1, -0.05) is 62.6 Å². The number of carboxylic acid groups (broad SMARTS) is 1. The summed E-state index contributed by atoms with van der Waals surface area (Å²) in [5.74, 6) is -0.995. The number of aliphatic carboxylic acids is 1. The Kier molecular flexibility index (Phi) is 5.37. The zero-order valence-electron chi connectivity index (χ0n) is 13.3. The number of rotatable bonds is 7. The first-order chi connectivity index (χ1) is 10.9. The van der Waals surface area contributed by atoms with Crippen LogP contribution in [0, 0.1) is 0 Å². The molecule has 2 rings (SSSR count). The maximum absolute atomic E-state index is 11.8. The molecule has 0 aliphatic heterocycles. The molecule has 0 fully saturated rings. The summed E-state index contributed by atoms with van der Waals surface area (Å²) in [6.07, 6.45) is 2.04. The highest BCUT2D eigenvalue weighted by Crippen LogP contribution is 2.42. The molecule has 0 unspecified atom stereocenters. The van der Waals surface area contributed by atoms with Crippen LogP contribution in [-0.2, 0) is 4.79 Å². The highest BCUT2D eigenvalue weighted by atomic mass is 35.5. The average Bonchev–Trinajstić information content (AvgIpc) is 2.52. The van der Waals surface area contributed by atoms with Gasteiger partial charge in [0.05, 0.1) is 5.02 Å². The van der Waals surface area contributed by atoms with Gasteiger partial charge in [0.25, 0.3) is 0 Å². The molecule has 0 heterocycles. The van der Waals surface area contributed by atoms with Crippen LogP contribution in [0.3, 0.4) is 0 Å². The second-order valence-corrected chi connectivity index (χ2v) is 6.06. The zero-order chi connectivity index (χ0) is 17.0. The van der Waals surface area contributed by atoms with E-state index in [4.69, 9.17) is 16.3 Å². The van der Waals surface area contributed by atoms with Gasteiger partial charge in [0, 0.05) is 16.8 Å². The van der Waals surface area contributed by atoms with Crippen LogP contribution in [0.2, 0.25) is 5.02 Å². The summed E-state index contributed by atoms with van der Waals surface area (Å²) < 4.78 is 5.83. The molecule has 23 heavy (non-hydrogen) atoms. The average molecular weight is 337 g/mol. The predicted octanol–water partition coefficient (Wildman–Crippen LogP) is 5.00. The number of phenols is 1. The molecule has 0 bridgehead atoms. The van der Waals surface area contributed by atoms with Crippen LogP contribution in [-0.4, -0.2) is 21.8 Å². The molecule has 0 saturated carbocycles. The van der Waals surface area contributed by atoms with Gasteiger partial charge in [-0.2, -0.15) is 0 Å². The van der Waals surface area contributed by atoms with E-state index < -0.39 is 11.6 Å². The lowest BCUT2D eigenvalue weighted by molar-refractivity contribution is -0.157. The van der Waals surface area contributed by atoms with Crippen molar-refractivity contribution in [3.8, 4) is 11.5 Å². The Balaban J connectivity index is 2.54. The minimum Gasteiger partial charge on any atom is -0.504 e. The van der Waals surface area contributed by atoms with E-state index in [1.807, 2.05) is 19.9 Å². The molecule has 0 amide bonds. The molecule has 2 N–H and O–H groups in total. The number of aromatic hydroxyl groups is 1. The number of fused-ring (bicyclic) bond motifs is 1. The van der Waals surface area contributed by atoms with Gasteiger partial charge in [0.15, 0.2) is 11.5 Å². The van der Waals surface area contributed by atoms with Crippen molar-refractivity contribution in [1.29, 1.82) is 0 Å². The van der Waals surface area contributed by atoms with E-state index in [0.29, 0.717) is 41.5 Å². The third kappa shape index (κ3) is 3.37. The van der Waals surface area contributed by atoms with Crippen LogP contribution in [0.4, 0.5) is 0 Å². The van der Waals surface area contributed by atoms with Crippen molar-refractivity contribution in [3.63, 3.8) is 0 Å². The molecule has 2 aromatic rings. The maximum Gasteiger partial charge on any atom is 0.348 e. The van der Waals surface area contributed by atoms with Gasteiger partial charge in [0.2, 0.25) is 5.60 Å². The number of halogens is 1. The summed E-state index contributed by atoms with van der Waals surface area (Å²) in [5, 5.41) is 21.8. The predicted molar refractivity (Wildman–Crippen MR) is 91.4 cm³/mol. The topological polar surface area (TPSA) is 66.8 Å². The fourth-order valence-corrected chi connectivity index (χ4v) is 3.14. The largest absolute Gasteiger partial charge is 0.504 e. The number of ether oxygens (including phenoxy) is 1. The zero-order valence-corrected chi connectivity index (χ0v) is 14.1. The Hall–Kier alpha value is -1.94. The third-order valence-corrected chi connectivity index (χ3v) is 4.25. The van der Waals surface area contributed by atoms with Gasteiger partial charge in [-0.25, -0.2) is 4.79 Å². The molecule has 0 aliphatic carbocycles. The summed E-state index contributed by atoms with van der Waals surface area (Å²) in [5.41, 5.74) is -1.35. The molecule has 0 spiro atoms. The molecule has 124 valence electrons. The van der Waals surface area contributed by atoms with Crippen LogP contribution in [0.1, 0.15) is 39.5 Å². The van der Waals surface area contributed by atoms with E-state index in [9.17, 15) is 15.0 Å². The number of carbonyl (C=O) groups is 1. The van der Waals surface area contributed by atoms with Crippen molar-refractivity contribution in [1.82, 2.24) is 0 Å². The summed E-state index contributed by atoms with van der Waals surface area (Å²) in [4.78, 5) is 11.8. The molecule has 0 saturated heterocycles. The number of carboxylic acids is 1. The summed E-state index contributed by atoms with van der Waals surface area (Å²) in [6.45, 7) is 3.81. The van der Waals surface area contributed by atoms with E-state index >= 15 is 0 Å². The molecule has 0 aromatic heterocycles. The quantitative estimate of drug-likeness (QED) is 0.746. The molecule has 0 atom stereocenters. The highest BCUT2D eigenvalue weighted by Gasteiger charge is 2.40. The third-order valence-electron chi connectivity index (χ3n) is 3.93. The van der Waals surface area contributed by atoms with Crippen LogP contribution in [0.25, 0.3) is 10.8 Å². The first kappa shape index (κ1) is 17.4. The second kappa shape index (κ2) is 7.09. The summed E-state index contributed by atoms with van der Waals surface area (Å²) in [7, 11) is 0. The standard InChI is InChI=1S/C18H21ClO4/c1-3-9-18(10-4-2,17(21)22)23-15-11-14(19)12-7-5-6-8-13(12)16(15)20/h5-8,11,20H,3-4,9-10H2,1-2H3,(H,21,22). The highest BCUT2D eigenvalue weighted by molar-refractivity contribution is 6.36. The van der Waals surface area contributed by atoms with Gasteiger partial charge < -0.3 is 14.9 Å². The summed E-state index contributed by atoms with van der Waals surface area (Å²) in [6, 6.07) is 8.62. The molecule has 2 aromatic carbocycles. The fraction of sp³-hybridized carbons (Fsp3) is 0.389. The number of benzene rings is 2. The molecule has 0 aliphatic rings. The van der Waals surface area contributed by atoms with Crippen LogP contribution in [0.5, 0.6) is 11.5 Å². The monoisotopic (exact) mass is 336 g/mol. The van der Waals surface area contributed by atoms with Crippen molar-refractivity contribution in [2.45, 2.75) is 45.1 Å². The molecule has 5 heteroatoms. The lowest BCUT2D eigenvalue weighted by Gasteiger charge is -2.30.